The van der Waals surface area contributed by atoms with Crippen molar-refractivity contribution in [3.05, 3.63) is 0 Å². The first-order valence-corrected chi connectivity index (χ1v) is 191. The highest BCUT2D eigenvalue weighted by Crippen LogP contribution is 2.61. The van der Waals surface area contributed by atoms with Gasteiger partial charge in [-0.1, -0.05) is 13.1 Å². The van der Waals surface area contributed by atoms with Crippen LogP contribution in [0.5, 0.6) is 0 Å². The lowest BCUT2D eigenvalue weighted by atomic mass is 11.9. The zero-order chi connectivity index (χ0) is 100. The van der Waals surface area contributed by atoms with Crippen LogP contribution in [0, 0.1) is 0 Å². The zero-order valence-electron chi connectivity index (χ0n) is 71.7. The molecule has 0 rings (SSSR count). The van der Waals surface area contributed by atoms with E-state index in [0.29, 0.717) is 0 Å². The molecule has 40 N–H and O–H groups in total. The van der Waals surface area contributed by atoms with Crippen molar-refractivity contribution in [1.82, 2.24) is 0 Å². The normalized spacial score (nSPS) is 26.0. The van der Waals surface area contributed by atoms with Gasteiger partial charge < -0.3 is 278 Å². The zero-order valence-corrected chi connectivity index (χ0v) is 150. The SMILES string of the molecule is C[SiH](C)O[Si](C)(C)O[Si](O[Si](O[Si](O[SiH2]O)([SiH2]O)[SiH2]O)([Si](O[SiH2]O)([SiH2]O)[SiH2]O)[Si](O[SiH2]O)([SiH2]O)[SiH2]O)([Si](O[Si](O[SiH2]O)([SiH2]O)[SiH2]O)([Si](O[SiH2]O)([SiH2]O)[SiH2]O)[Si](O[SiH2]O)([SiH2]O)[SiH2]O)[Si](O[Si](O[SiH2]O)([SiH2]O)[Si](O)([SiH2]O)[SiH](C)C)([Si](O[Si](O[SiH2]O)([SiH2]O)[SiH2]O)([Si](O[SiH2]O)([SiH2]O)[SiH2]O)[Si](O[SiH2]O)([SiH2]O)[SiH2]O)[Si](O[Si](O[SiH2]O)([SiH2]O)[SiH2]O)([Si](O[SiH2]O)([SiH2]O)[SiH2]O)[Si](O[SiH2]O)([SiH2]O)[SiH2]O. The van der Waals surface area contributed by atoms with Crippen molar-refractivity contribution in [2.45, 2.75) is 39.3 Å². The van der Waals surface area contributed by atoms with Crippen molar-refractivity contribution >= 4 is 540 Å². The minimum absolute atomic E-state index is 0.963. The molecule has 0 fully saturated rings. The van der Waals surface area contributed by atoms with Crippen molar-refractivity contribution in [3.8, 4) is 0 Å². The second kappa shape index (κ2) is 64.2. The van der Waals surface area contributed by atoms with Crippen molar-refractivity contribution in [1.29, 1.82) is 0 Å². The molecule has 0 aromatic heterocycles. The maximum absolute atomic E-state index is 15.4. The molecule has 0 saturated heterocycles. The summed E-state index contributed by atoms with van der Waals surface area (Å²) in [6.07, 6.45) is 0. The Kier molecular flexibility index (Phi) is 69.7. The molecule has 0 bridgehead atoms. The van der Waals surface area contributed by atoms with E-state index >= 15 is 4.80 Å². The third-order valence-corrected chi connectivity index (χ3v) is 687. The van der Waals surface area contributed by atoms with Crippen LogP contribution in [-0.4, -0.2) is 732 Å². The average molecular weight is 2930 g/mol. The Morgan fingerprint density at radius 2 is 0.395 bits per heavy atom. The molecule has 0 aliphatic heterocycles. The fourth-order valence-corrected chi connectivity index (χ4v) is 1240. The first kappa shape index (κ1) is 140. The highest BCUT2D eigenvalue weighted by atomic mass is 30.6. The van der Waals surface area contributed by atoms with Gasteiger partial charge in [0.05, 0.1) is 8.31 Å². The van der Waals surface area contributed by atoms with E-state index < -0.39 is 540 Å². The van der Waals surface area contributed by atoms with Gasteiger partial charge in [-0.15, -0.1) is 0 Å². The molecule has 0 heterocycles. The van der Waals surface area contributed by atoms with E-state index in [1.165, 1.54) is 26.2 Å². The summed E-state index contributed by atoms with van der Waals surface area (Å²) in [7, 11) is -228. The number of rotatable bonds is 82. The predicted octanol–water partition coefficient (Wildman–Crippen LogP) is -65.2. The van der Waals surface area contributed by atoms with Gasteiger partial charge in [0.15, 0.2) is 167 Å². The van der Waals surface area contributed by atoms with Crippen LogP contribution in [0.1, 0.15) is 0 Å². The summed E-state index contributed by atoms with van der Waals surface area (Å²) in [5.74, 6) is 0. The summed E-state index contributed by atoms with van der Waals surface area (Å²) < 4.78 is 157. The molecular formula is C6H138O61Si62. The lowest BCUT2D eigenvalue weighted by Crippen LogP contribution is -3.21. The molecule has 61 nitrogen and oxygen atoms in total. The first-order valence-electron chi connectivity index (χ1n) is 38.3. The summed E-state index contributed by atoms with van der Waals surface area (Å²) in [6, 6.07) is 0. The molecule has 776 valence electrons. The minimum atomic E-state index is -9.63. The van der Waals surface area contributed by atoms with E-state index in [0.717, 1.165) is 13.1 Å². The second-order valence-electron chi connectivity index (χ2n) is 29.3. The maximum atomic E-state index is 15.4. The van der Waals surface area contributed by atoms with E-state index in [-0.39, 0.29) is 0 Å². The Hall–Kier alpha value is 11.0. The third-order valence-electron chi connectivity index (χ3n) is 22.2. The van der Waals surface area contributed by atoms with Gasteiger partial charge in [-0.2, -0.15) is 0 Å². The number of hydrogen-bond donors (Lipinski definition) is 40. The molecule has 0 radical (unpaired) electrons. The third kappa shape index (κ3) is 27.0. The highest BCUT2D eigenvalue weighted by molar-refractivity contribution is 8.35. The second-order valence-corrected chi connectivity index (χ2v) is 381. The monoisotopic (exact) mass is 2920 g/mol. The van der Waals surface area contributed by atoms with Crippen LogP contribution in [0.15, 0.2) is 0 Å². The van der Waals surface area contributed by atoms with Crippen molar-refractivity contribution in [3.63, 3.8) is 0 Å². The van der Waals surface area contributed by atoms with Crippen molar-refractivity contribution in [2.75, 3.05) is 0 Å². The molecule has 0 aromatic rings. The smallest absolute Gasteiger partial charge is 0.338 e. The summed E-state index contributed by atoms with van der Waals surface area (Å²) in [5, 5.41) is 0. The molecule has 0 spiro atoms. The van der Waals surface area contributed by atoms with Crippen LogP contribution in [0.3, 0.4) is 0 Å². The fraction of sp³-hybridized carbons (Fsp3) is 1.00. The summed E-state index contributed by atoms with van der Waals surface area (Å²) >= 11 is 0. The molecule has 129 heavy (non-hydrogen) atoms. The van der Waals surface area contributed by atoms with Crippen LogP contribution in [-0.2, 0) is 86.4 Å². The predicted molar refractivity (Wildman–Crippen MR) is 615 cm³/mol. The topological polar surface area (TPSA) is 1000 Å². The largest absolute Gasteiger partial charge is 0.442 e. The summed E-state index contributed by atoms with van der Waals surface area (Å²) in [4.78, 5) is 540. The molecule has 123 heteroatoms. The Bertz CT molecular complexity index is 2820. The lowest BCUT2D eigenvalue weighted by molar-refractivity contribution is 0.292. The Balaban J connectivity index is 18.9. The average Bonchev–Trinajstić information content (AvgIpc) is 0.613. The van der Waals surface area contributed by atoms with Gasteiger partial charge >= 0.3 is 61.7 Å². The molecule has 0 aliphatic rings. The van der Waals surface area contributed by atoms with Crippen molar-refractivity contribution in [2.24, 2.45) is 0 Å². The molecule has 3 atom stereocenters. The minimum Gasteiger partial charge on any atom is -0.442 e. The standard InChI is InChI=1S/C6H138O61Si62/c1-107(2)60-109(5,6)61-117(126(120(95-34,96-35)54-75-14,121(97-36,98-37)55-76-15)63-112(84-23,85-24)48-69-8,67-116(118(91-30,92-31)52-73-12,119(93-32,94-33)53-74-13)62-111(82-21,83-22)47-68-7)127(66-115(90-29,51-72-11)110(46,81-20)108(3)4,128(122(99-38,100-39)56-77-16,123(101-40,102-41)57-78-17)64-113(86-25,87-26)49-70-9)129(124(103-42,104-43)58-79-18,125(105-44,106-45)59-80-19)65-114(88-27,89-28)50-71-10/h7-46,107-108H,68-106H2,1-6H3. The number of hydrogen-bond acceptors (Lipinski definition) is 61. The Labute approximate surface area is 847 Å². The van der Waals surface area contributed by atoms with Crippen molar-refractivity contribution < 1.29 is 278 Å². The van der Waals surface area contributed by atoms with Gasteiger partial charge in [-0.05, 0) is 26.2 Å². The Morgan fingerprint density at radius 1 is 0.186 bits per heavy atom. The lowest BCUT2D eigenvalue weighted by Gasteiger charge is -2.77. The molecule has 3 unspecified atom stereocenters. The van der Waals surface area contributed by atoms with E-state index in [1.54, 1.807) is 0 Å². The molecular weight excluding hydrogens is 2790 g/mol. The highest BCUT2D eigenvalue weighted by Gasteiger charge is 3.08. The molecule has 0 aromatic carbocycles. The van der Waals surface area contributed by atoms with E-state index in [4.69, 9.17) is 78.2 Å². The van der Waals surface area contributed by atoms with Gasteiger partial charge in [-0.3, -0.25) is 0 Å². The fourth-order valence-electron chi connectivity index (χ4n) is 16.1. The van der Waals surface area contributed by atoms with Gasteiger partial charge in [-0.25, -0.2) is 0 Å². The maximum Gasteiger partial charge on any atom is 0.338 e. The van der Waals surface area contributed by atoms with Crippen LogP contribution >= 0.6 is 0 Å². The summed E-state index contributed by atoms with van der Waals surface area (Å²) in [6.45, 7) is -91.1. The van der Waals surface area contributed by atoms with Crippen LogP contribution in [0.25, 0.3) is 0 Å². The molecule has 0 amide bonds. The Morgan fingerprint density at radius 3 is 0.581 bits per heavy atom. The van der Waals surface area contributed by atoms with Crippen LogP contribution < -0.4 is 0 Å². The first-order chi connectivity index (χ1) is 60.9. The van der Waals surface area contributed by atoms with E-state index in [9.17, 15) is 195 Å². The molecule has 0 saturated carbocycles. The molecule has 0 aliphatic carbocycles. The van der Waals surface area contributed by atoms with E-state index in [2.05, 4.69) is 0 Å². The van der Waals surface area contributed by atoms with Crippen LogP contribution in [0.2, 0.25) is 39.3 Å². The quantitative estimate of drug-likeness (QED) is 0.0251. The van der Waals surface area contributed by atoms with Gasteiger partial charge in [0.25, 0.3) is 158 Å². The summed E-state index contributed by atoms with van der Waals surface area (Å²) in [5.41, 5.74) is 0. The van der Waals surface area contributed by atoms with E-state index in [1.807, 2.05) is 0 Å². The van der Waals surface area contributed by atoms with Gasteiger partial charge in [0, 0.05) is 0 Å². The van der Waals surface area contributed by atoms with Gasteiger partial charge in [0.1, 0.15) is 0 Å². The van der Waals surface area contributed by atoms with Gasteiger partial charge in [0.2, 0.25) is 145 Å². The van der Waals surface area contributed by atoms with Crippen LogP contribution in [0.4, 0.5) is 0 Å².